The smallest absolute Gasteiger partial charge is 0.417 e. The minimum absolute atomic E-state index is 0.0117. The van der Waals surface area contributed by atoms with Crippen molar-refractivity contribution in [2.24, 2.45) is 5.92 Å². The summed E-state index contributed by atoms with van der Waals surface area (Å²) in [5.41, 5.74) is 0.218. The average Bonchev–Trinajstić information content (AvgIpc) is 2.73. The number of phenols is 1. The number of carbonyl (C=O) groups excluding carboxylic acids is 1. The molecule has 1 aliphatic rings. The van der Waals surface area contributed by atoms with Crippen molar-refractivity contribution in [2.75, 3.05) is 0 Å². The number of rotatable bonds is 7. The van der Waals surface area contributed by atoms with Gasteiger partial charge in [-0.3, -0.25) is 4.79 Å². The Hall–Kier alpha value is -3.08. The molecule has 1 N–H and O–H groups in total. The van der Waals surface area contributed by atoms with Gasteiger partial charge in [-0.05, 0) is 35.1 Å². The highest BCUT2D eigenvalue weighted by atomic mass is 19.4. The SMILES string of the molecule is O=C(CC1CCC1)c1cc(O)c(Cc2ccccc2)c(C(F)(F)F)c1Cc1ccccc1. The topological polar surface area (TPSA) is 37.3 Å². The van der Waals surface area contributed by atoms with Gasteiger partial charge >= 0.3 is 6.18 Å². The molecule has 2 nitrogen and oxygen atoms in total. The lowest BCUT2D eigenvalue weighted by Gasteiger charge is -2.26. The van der Waals surface area contributed by atoms with E-state index in [4.69, 9.17) is 0 Å². The van der Waals surface area contributed by atoms with Crippen LogP contribution in [-0.2, 0) is 19.0 Å². The molecule has 0 heterocycles. The maximum absolute atomic E-state index is 14.5. The highest BCUT2D eigenvalue weighted by Crippen LogP contribution is 2.43. The molecule has 0 atom stereocenters. The molecule has 0 aromatic heterocycles. The second-order valence-corrected chi connectivity index (χ2v) is 8.52. The summed E-state index contributed by atoms with van der Waals surface area (Å²) in [6.45, 7) is 0. The minimum Gasteiger partial charge on any atom is -0.508 e. The first kappa shape index (κ1) is 22.1. The summed E-state index contributed by atoms with van der Waals surface area (Å²) in [7, 11) is 0. The number of aromatic hydroxyl groups is 1. The molecule has 0 radical (unpaired) electrons. The fourth-order valence-electron chi connectivity index (χ4n) is 4.38. The number of hydrogen-bond donors (Lipinski definition) is 1. The lowest BCUT2D eigenvalue weighted by molar-refractivity contribution is -0.138. The Morgan fingerprint density at radius 2 is 1.41 bits per heavy atom. The first-order valence-electron chi connectivity index (χ1n) is 10.9. The fraction of sp³-hybridized carbons (Fsp3) is 0.296. The van der Waals surface area contributed by atoms with E-state index in [1.54, 1.807) is 60.7 Å². The summed E-state index contributed by atoms with van der Waals surface area (Å²) in [5.74, 6) is -0.588. The van der Waals surface area contributed by atoms with E-state index in [9.17, 15) is 23.1 Å². The van der Waals surface area contributed by atoms with Gasteiger partial charge in [0.2, 0.25) is 0 Å². The molecule has 166 valence electrons. The van der Waals surface area contributed by atoms with Gasteiger partial charge in [-0.25, -0.2) is 0 Å². The van der Waals surface area contributed by atoms with E-state index in [1.165, 1.54) is 6.07 Å². The molecule has 3 aromatic carbocycles. The quantitative estimate of drug-likeness (QED) is 0.405. The Bertz CT molecular complexity index is 1090. The van der Waals surface area contributed by atoms with Crippen LogP contribution in [0.4, 0.5) is 13.2 Å². The van der Waals surface area contributed by atoms with Crippen molar-refractivity contribution in [3.05, 3.63) is 100 Å². The normalized spacial score (nSPS) is 14.2. The van der Waals surface area contributed by atoms with Gasteiger partial charge in [-0.15, -0.1) is 0 Å². The Kier molecular flexibility index (Phi) is 6.35. The van der Waals surface area contributed by atoms with Crippen LogP contribution in [0.15, 0.2) is 66.7 Å². The Morgan fingerprint density at radius 1 is 0.875 bits per heavy atom. The van der Waals surface area contributed by atoms with E-state index >= 15 is 0 Å². The van der Waals surface area contributed by atoms with Crippen molar-refractivity contribution in [3.63, 3.8) is 0 Å². The van der Waals surface area contributed by atoms with Crippen LogP contribution in [0.3, 0.4) is 0 Å². The minimum atomic E-state index is -4.71. The monoisotopic (exact) mass is 438 g/mol. The zero-order valence-electron chi connectivity index (χ0n) is 17.7. The van der Waals surface area contributed by atoms with Gasteiger partial charge in [0, 0.05) is 24.0 Å². The van der Waals surface area contributed by atoms with Crippen molar-refractivity contribution in [2.45, 2.75) is 44.7 Å². The molecule has 1 fully saturated rings. The second kappa shape index (κ2) is 9.19. The molecule has 0 amide bonds. The van der Waals surface area contributed by atoms with Crippen LogP contribution in [-0.4, -0.2) is 10.9 Å². The Balaban J connectivity index is 1.87. The fourth-order valence-corrected chi connectivity index (χ4v) is 4.38. The highest BCUT2D eigenvalue weighted by Gasteiger charge is 2.39. The van der Waals surface area contributed by atoms with Gasteiger partial charge in [0.1, 0.15) is 5.75 Å². The average molecular weight is 438 g/mol. The number of Topliss-reactive ketones (excluding diaryl/α,β-unsaturated/α-hetero) is 1. The van der Waals surface area contributed by atoms with Gasteiger partial charge < -0.3 is 5.11 Å². The van der Waals surface area contributed by atoms with E-state index in [-0.39, 0.29) is 47.7 Å². The molecular formula is C27H25F3O2. The lowest BCUT2D eigenvalue weighted by Crippen LogP contribution is -2.21. The van der Waals surface area contributed by atoms with Gasteiger partial charge in [0.25, 0.3) is 0 Å². The van der Waals surface area contributed by atoms with Crippen LogP contribution in [0, 0.1) is 5.92 Å². The number of alkyl halides is 3. The molecular weight excluding hydrogens is 413 g/mol. The summed E-state index contributed by atoms with van der Waals surface area (Å²) in [6, 6.07) is 18.8. The number of carbonyl (C=O) groups is 1. The van der Waals surface area contributed by atoms with E-state index in [2.05, 4.69) is 0 Å². The lowest BCUT2D eigenvalue weighted by atomic mass is 9.79. The molecule has 0 bridgehead atoms. The number of benzene rings is 3. The molecule has 4 rings (SSSR count). The summed E-state index contributed by atoms with van der Waals surface area (Å²) in [6.07, 6.45) is -1.70. The molecule has 1 saturated carbocycles. The van der Waals surface area contributed by atoms with Crippen LogP contribution >= 0.6 is 0 Å². The standard InChI is InChI=1S/C27H25F3O2/c28-27(29,30)26-22(14-18-8-3-1-4-9-18)21(24(31)16-20-12-7-13-20)17-25(32)23(26)15-19-10-5-2-6-11-19/h1-6,8-11,17,20,32H,7,12-16H2. The number of hydrogen-bond acceptors (Lipinski definition) is 2. The molecule has 3 aromatic rings. The zero-order valence-corrected chi connectivity index (χ0v) is 17.7. The van der Waals surface area contributed by atoms with Crippen LogP contribution in [0.5, 0.6) is 5.75 Å². The third-order valence-electron chi connectivity index (χ3n) is 6.25. The summed E-state index contributed by atoms with van der Waals surface area (Å²) >= 11 is 0. The maximum Gasteiger partial charge on any atom is 0.417 e. The van der Waals surface area contributed by atoms with Crippen LogP contribution in [0.1, 0.15) is 63.9 Å². The molecule has 1 aliphatic carbocycles. The summed E-state index contributed by atoms with van der Waals surface area (Å²) < 4.78 is 43.4. The van der Waals surface area contributed by atoms with E-state index < -0.39 is 17.5 Å². The third-order valence-corrected chi connectivity index (χ3v) is 6.25. The molecule has 32 heavy (non-hydrogen) atoms. The Morgan fingerprint density at radius 3 is 1.88 bits per heavy atom. The third kappa shape index (κ3) is 4.87. The number of phenolic OH excluding ortho intramolecular Hbond substituents is 1. The van der Waals surface area contributed by atoms with Crippen molar-refractivity contribution >= 4 is 5.78 Å². The van der Waals surface area contributed by atoms with E-state index in [0.29, 0.717) is 11.1 Å². The number of halogens is 3. The number of ketones is 1. The molecule has 0 saturated heterocycles. The van der Waals surface area contributed by atoms with Crippen LogP contribution in [0.2, 0.25) is 0 Å². The Labute approximate surface area is 185 Å². The summed E-state index contributed by atoms with van der Waals surface area (Å²) in [4.78, 5) is 13.1. The zero-order chi connectivity index (χ0) is 22.7. The maximum atomic E-state index is 14.5. The molecule has 0 unspecified atom stereocenters. The van der Waals surface area contributed by atoms with E-state index in [1.807, 2.05) is 0 Å². The van der Waals surface area contributed by atoms with Gasteiger partial charge in [0.15, 0.2) is 5.78 Å². The van der Waals surface area contributed by atoms with Gasteiger partial charge in [-0.1, -0.05) is 79.9 Å². The molecule has 0 spiro atoms. The predicted octanol–water partition coefficient (Wildman–Crippen LogP) is 6.97. The first-order valence-corrected chi connectivity index (χ1v) is 10.9. The van der Waals surface area contributed by atoms with Gasteiger partial charge in [-0.2, -0.15) is 13.2 Å². The predicted molar refractivity (Wildman–Crippen MR) is 118 cm³/mol. The first-order chi connectivity index (χ1) is 15.3. The van der Waals surface area contributed by atoms with Crippen molar-refractivity contribution in [1.29, 1.82) is 0 Å². The van der Waals surface area contributed by atoms with E-state index in [0.717, 1.165) is 19.3 Å². The van der Waals surface area contributed by atoms with Gasteiger partial charge in [0.05, 0.1) is 5.56 Å². The van der Waals surface area contributed by atoms with Crippen LogP contribution < -0.4 is 0 Å². The summed E-state index contributed by atoms with van der Waals surface area (Å²) in [5, 5.41) is 10.7. The highest BCUT2D eigenvalue weighted by molar-refractivity contribution is 5.99. The van der Waals surface area contributed by atoms with Crippen molar-refractivity contribution in [1.82, 2.24) is 0 Å². The largest absolute Gasteiger partial charge is 0.508 e. The second-order valence-electron chi connectivity index (χ2n) is 8.52. The van der Waals surface area contributed by atoms with Crippen molar-refractivity contribution in [3.8, 4) is 5.75 Å². The van der Waals surface area contributed by atoms with Crippen LogP contribution in [0.25, 0.3) is 0 Å². The van der Waals surface area contributed by atoms with Crippen molar-refractivity contribution < 1.29 is 23.1 Å². The molecule has 0 aliphatic heterocycles. The molecule has 5 heteroatoms.